The highest BCUT2D eigenvalue weighted by atomic mass is 19.3. The Bertz CT molecular complexity index is 451. The average Bonchev–Trinajstić information content (AvgIpc) is 2.98. The number of alkyl halides is 2. The van der Waals surface area contributed by atoms with E-state index >= 15 is 0 Å². The first-order valence-electron chi connectivity index (χ1n) is 7.33. The SMILES string of the molecule is FC(F)Oc1ccc(N2CCC(N3CCNCC3)C2)nc1. The van der Waals surface area contributed by atoms with Gasteiger partial charge in [-0.2, -0.15) is 8.78 Å². The van der Waals surface area contributed by atoms with Crippen LogP contribution in [-0.4, -0.2) is 61.8 Å². The first kappa shape index (κ1) is 14.5. The van der Waals surface area contributed by atoms with Crippen molar-refractivity contribution in [2.45, 2.75) is 19.1 Å². The van der Waals surface area contributed by atoms with Crippen LogP contribution in [0.2, 0.25) is 0 Å². The molecule has 1 aromatic heterocycles. The normalized spacial score (nSPS) is 23.8. The number of aromatic nitrogens is 1. The number of ether oxygens (including phenoxy) is 1. The summed E-state index contributed by atoms with van der Waals surface area (Å²) in [5.74, 6) is 0.931. The number of piperazine rings is 1. The van der Waals surface area contributed by atoms with E-state index in [0.29, 0.717) is 6.04 Å². The van der Waals surface area contributed by atoms with Gasteiger partial charge in [-0.25, -0.2) is 4.98 Å². The van der Waals surface area contributed by atoms with E-state index in [4.69, 9.17) is 0 Å². The Balaban J connectivity index is 1.57. The van der Waals surface area contributed by atoms with Gasteiger partial charge in [0.2, 0.25) is 0 Å². The minimum atomic E-state index is -2.80. The maximum atomic E-state index is 12.1. The molecule has 3 rings (SSSR count). The van der Waals surface area contributed by atoms with E-state index < -0.39 is 6.61 Å². The van der Waals surface area contributed by atoms with Crippen molar-refractivity contribution in [3.63, 3.8) is 0 Å². The van der Waals surface area contributed by atoms with Crippen molar-refractivity contribution in [3.05, 3.63) is 18.3 Å². The lowest BCUT2D eigenvalue weighted by Gasteiger charge is -2.32. The molecule has 2 aliphatic heterocycles. The Morgan fingerprint density at radius 1 is 1.24 bits per heavy atom. The van der Waals surface area contributed by atoms with E-state index in [2.05, 4.69) is 24.8 Å². The summed E-state index contributed by atoms with van der Waals surface area (Å²) in [6, 6.07) is 3.86. The molecule has 1 N–H and O–H groups in total. The zero-order chi connectivity index (χ0) is 14.7. The molecule has 0 amide bonds. The number of nitrogens with zero attached hydrogens (tertiary/aromatic N) is 3. The third-order valence-corrected chi connectivity index (χ3v) is 4.10. The predicted octanol–water partition coefficient (Wildman–Crippen LogP) is 1.17. The van der Waals surface area contributed by atoms with Gasteiger partial charge in [-0.1, -0.05) is 0 Å². The Morgan fingerprint density at radius 2 is 2.05 bits per heavy atom. The largest absolute Gasteiger partial charge is 0.433 e. The topological polar surface area (TPSA) is 40.6 Å². The summed E-state index contributed by atoms with van der Waals surface area (Å²) in [6.07, 6.45) is 2.48. The van der Waals surface area contributed by atoms with E-state index in [0.717, 1.165) is 51.5 Å². The summed E-state index contributed by atoms with van der Waals surface area (Å²) in [4.78, 5) is 8.96. The molecule has 0 radical (unpaired) electrons. The minimum Gasteiger partial charge on any atom is -0.433 e. The van der Waals surface area contributed by atoms with E-state index in [-0.39, 0.29) is 5.75 Å². The highest BCUT2D eigenvalue weighted by Crippen LogP contribution is 2.23. The molecule has 2 aliphatic rings. The van der Waals surface area contributed by atoms with Crippen molar-refractivity contribution >= 4 is 5.82 Å². The highest BCUT2D eigenvalue weighted by Gasteiger charge is 2.29. The molecule has 1 atom stereocenters. The number of anilines is 1. The molecule has 0 bridgehead atoms. The van der Waals surface area contributed by atoms with Gasteiger partial charge >= 0.3 is 6.61 Å². The lowest BCUT2D eigenvalue weighted by molar-refractivity contribution is -0.0500. The molecule has 0 saturated carbocycles. The van der Waals surface area contributed by atoms with Gasteiger partial charge in [0.15, 0.2) is 0 Å². The lowest BCUT2D eigenvalue weighted by atomic mass is 10.2. The first-order chi connectivity index (χ1) is 10.2. The summed E-state index contributed by atoms with van der Waals surface area (Å²) in [7, 11) is 0. The van der Waals surface area contributed by atoms with Crippen molar-refractivity contribution in [2.75, 3.05) is 44.2 Å². The molecule has 5 nitrogen and oxygen atoms in total. The van der Waals surface area contributed by atoms with Gasteiger partial charge in [-0.15, -0.1) is 0 Å². The quantitative estimate of drug-likeness (QED) is 0.903. The molecule has 0 aromatic carbocycles. The average molecular weight is 298 g/mol. The van der Waals surface area contributed by atoms with Crippen molar-refractivity contribution in [3.8, 4) is 5.75 Å². The van der Waals surface area contributed by atoms with Crippen LogP contribution in [0.25, 0.3) is 0 Å². The zero-order valence-corrected chi connectivity index (χ0v) is 11.8. The summed E-state index contributed by atoms with van der Waals surface area (Å²) in [6.45, 7) is 3.38. The second-order valence-electron chi connectivity index (χ2n) is 5.41. The summed E-state index contributed by atoms with van der Waals surface area (Å²) in [5, 5.41) is 3.36. The van der Waals surface area contributed by atoms with Gasteiger partial charge in [-0.3, -0.25) is 4.90 Å². The van der Waals surface area contributed by atoms with Crippen LogP contribution in [0.4, 0.5) is 14.6 Å². The molecule has 1 unspecified atom stereocenters. The van der Waals surface area contributed by atoms with E-state index in [1.54, 1.807) is 12.1 Å². The predicted molar refractivity (Wildman–Crippen MR) is 75.9 cm³/mol. The zero-order valence-electron chi connectivity index (χ0n) is 11.8. The number of hydrogen-bond donors (Lipinski definition) is 1. The Labute approximate surface area is 122 Å². The smallest absolute Gasteiger partial charge is 0.387 e. The second kappa shape index (κ2) is 6.53. The first-order valence-corrected chi connectivity index (χ1v) is 7.33. The second-order valence-corrected chi connectivity index (χ2v) is 5.41. The molecule has 21 heavy (non-hydrogen) atoms. The Hall–Kier alpha value is -1.47. The van der Waals surface area contributed by atoms with E-state index in [1.165, 1.54) is 6.20 Å². The van der Waals surface area contributed by atoms with Gasteiger partial charge in [0.1, 0.15) is 11.6 Å². The fourth-order valence-corrected chi connectivity index (χ4v) is 3.03. The lowest BCUT2D eigenvalue weighted by Crippen LogP contribution is -2.49. The number of hydrogen-bond acceptors (Lipinski definition) is 5. The maximum Gasteiger partial charge on any atom is 0.387 e. The number of rotatable bonds is 4. The van der Waals surface area contributed by atoms with Crippen molar-refractivity contribution in [1.29, 1.82) is 0 Å². The Kier molecular flexibility index (Phi) is 4.50. The van der Waals surface area contributed by atoms with Gasteiger partial charge in [-0.05, 0) is 18.6 Å². The van der Waals surface area contributed by atoms with Crippen LogP contribution in [0.5, 0.6) is 5.75 Å². The van der Waals surface area contributed by atoms with Gasteiger partial charge in [0, 0.05) is 45.3 Å². The van der Waals surface area contributed by atoms with E-state index in [9.17, 15) is 8.78 Å². The fraction of sp³-hybridized carbons (Fsp3) is 0.643. The van der Waals surface area contributed by atoms with Gasteiger partial charge in [0.25, 0.3) is 0 Å². The molecular formula is C14H20F2N4O. The van der Waals surface area contributed by atoms with E-state index in [1.807, 2.05) is 0 Å². The third-order valence-electron chi connectivity index (χ3n) is 4.10. The van der Waals surface area contributed by atoms with Crippen molar-refractivity contribution in [1.82, 2.24) is 15.2 Å². The van der Waals surface area contributed by atoms with Crippen LogP contribution in [0.3, 0.4) is 0 Å². The molecule has 2 fully saturated rings. The van der Waals surface area contributed by atoms with Crippen LogP contribution in [0.1, 0.15) is 6.42 Å². The summed E-state index contributed by atoms with van der Waals surface area (Å²) >= 11 is 0. The summed E-state index contributed by atoms with van der Waals surface area (Å²) < 4.78 is 28.5. The van der Waals surface area contributed by atoms with Crippen LogP contribution >= 0.6 is 0 Å². The fourth-order valence-electron chi connectivity index (χ4n) is 3.03. The summed E-state index contributed by atoms with van der Waals surface area (Å²) in [5.41, 5.74) is 0. The molecule has 3 heterocycles. The van der Waals surface area contributed by atoms with Crippen LogP contribution in [0.15, 0.2) is 18.3 Å². The van der Waals surface area contributed by atoms with Crippen LogP contribution in [-0.2, 0) is 0 Å². The van der Waals surface area contributed by atoms with Gasteiger partial charge in [0.05, 0.1) is 6.20 Å². The molecular weight excluding hydrogens is 278 g/mol. The Morgan fingerprint density at radius 3 is 2.71 bits per heavy atom. The molecule has 7 heteroatoms. The molecule has 0 aliphatic carbocycles. The number of halogens is 2. The third kappa shape index (κ3) is 3.59. The van der Waals surface area contributed by atoms with Gasteiger partial charge < -0.3 is 15.0 Å². The van der Waals surface area contributed by atoms with Crippen molar-refractivity contribution in [2.24, 2.45) is 0 Å². The minimum absolute atomic E-state index is 0.103. The standard InChI is InChI=1S/C14H20F2N4O/c15-14(16)21-12-1-2-13(18-9-12)20-6-3-11(10-20)19-7-4-17-5-8-19/h1-2,9,11,14,17H,3-8,10H2. The number of nitrogens with one attached hydrogen (secondary N) is 1. The monoisotopic (exact) mass is 298 g/mol. The van der Waals surface area contributed by atoms with Crippen LogP contribution < -0.4 is 15.0 Å². The molecule has 1 aromatic rings. The number of pyridine rings is 1. The maximum absolute atomic E-state index is 12.1. The highest BCUT2D eigenvalue weighted by molar-refractivity contribution is 5.42. The molecule has 0 spiro atoms. The van der Waals surface area contributed by atoms with Crippen LogP contribution in [0, 0.1) is 0 Å². The molecule has 2 saturated heterocycles. The van der Waals surface area contributed by atoms with Crippen molar-refractivity contribution < 1.29 is 13.5 Å². The molecule has 116 valence electrons.